The van der Waals surface area contributed by atoms with E-state index in [1.165, 1.54) is 19.2 Å². The van der Waals surface area contributed by atoms with Crippen molar-refractivity contribution in [3.05, 3.63) is 33.7 Å². The Kier molecular flexibility index (Phi) is 4.65. The SMILES string of the molecule is CCOC(=O)C(C)NC(=O)c1c[nH]c(C)cc1=O. The van der Waals surface area contributed by atoms with Gasteiger partial charge in [-0.25, -0.2) is 4.79 Å². The third-order valence-corrected chi connectivity index (χ3v) is 2.29. The van der Waals surface area contributed by atoms with Crippen molar-refractivity contribution < 1.29 is 14.3 Å². The number of hydrogen-bond acceptors (Lipinski definition) is 4. The third-order valence-electron chi connectivity index (χ3n) is 2.29. The van der Waals surface area contributed by atoms with Crippen molar-refractivity contribution in [1.29, 1.82) is 0 Å². The predicted molar refractivity (Wildman–Crippen MR) is 65.4 cm³/mol. The van der Waals surface area contributed by atoms with Gasteiger partial charge in [-0.05, 0) is 20.8 Å². The number of pyridine rings is 1. The minimum atomic E-state index is -0.793. The molecule has 0 fully saturated rings. The van der Waals surface area contributed by atoms with Crippen LogP contribution in [0.5, 0.6) is 0 Å². The monoisotopic (exact) mass is 252 g/mol. The van der Waals surface area contributed by atoms with Gasteiger partial charge in [-0.1, -0.05) is 0 Å². The van der Waals surface area contributed by atoms with Gasteiger partial charge >= 0.3 is 5.97 Å². The molecule has 6 nitrogen and oxygen atoms in total. The minimum Gasteiger partial charge on any atom is -0.464 e. The molecule has 0 bridgehead atoms. The topological polar surface area (TPSA) is 88.3 Å². The Hall–Kier alpha value is -2.11. The zero-order valence-corrected chi connectivity index (χ0v) is 10.6. The Morgan fingerprint density at radius 1 is 1.50 bits per heavy atom. The van der Waals surface area contributed by atoms with Crippen molar-refractivity contribution in [3.8, 4) is 0 Å². The Morgan fingerprint density at radius 2 is 2.17 bits per heavy atom. The number of aromatic nitrogens is 1. The standard InChI is InChI=1S/C12H16N2O4/c1-4-18-12(17)8(3)14-11(16)9-6-13-7(2)5-10(9)15/h5-6,8H,4H2,1-3H3,(H,13,15)(H,14,16). The van der Waals surface area contributed by atoms with Crippen LogP contribution in [0.25, 0.3) is 0 Å². The Bertz CT molecular complexity index is 507. The summed E-state index contributed by atoms with van der Waals surface area (Å²) in [4.78, 5) is 37.4. The second-order valence-electron chi connectivity index (χ2n) is 3.84. The zero-order valence-electron chi connectivity index (χ0n) is 10.6. The third kappa shape index (κ3) is 3.44. The van der Waals surface area contributed by atoms with E-state index in [9.17, 15) is 14.4 Å². The van der Waals surface area contributed by atoms with Crippen molar-refractivity contribution in [2.24, 2.45) is 0 Å². The number of rotatable bonds is 4. The summed E-state index contributed by atoms with van der Waals surface area (Å²) in [6.45, 7) is 5.13. The van der Waals surface area contributed by atoms with Gasteiger partial charge in [0.1, 0.15) is 11.6 Å². The van der Waals surface area contributed by atoms with Gasteiger partial charge in [-0.2, -0.15) is 0 Å². The molecule has 0 radical (unpaired) electrons. The molecule has 0 saturated heterocycles. The number of esters is 1. The molecular weight excluding hydrogens is 236 g/mol. The number of hydrogen-bond donors (Lipinski definition) is 2. The van der Waals surface area contributed by atoms with Crippen LogP contribution in [-0.4, -0.2) is 29.5 Å². The summed E-state index contributed by atoms with van der Waals surface area (Å²) in [6, 6.07) is 0.530. The molecule has 0 aromatic carbocycles. The first-order valence-electron chi connectivity index (χ1n) is 5.62. The molecule has 18 heavy (non-hydrogen) atoms. The molecule has 1 aromatic rings. The van der Waals surface area contributed by atoms with Gasteiger partial charge in [0.2, 0.25) is 0 Å². The molecule has 0 spiro atoms. The number of amides is 1. The molecule has 0 saturated carbocycles. The van der Waals surface area contributed by atoms with E-state index in [1.807, 2.05) is 0 Å². The fourth-order valence-corrected chi connectivity index (χ4v) is 1.35. The number of aryl methyl sites for hydroxylation is 1. The average molecular weight is 252 g/mol. The van der Waals surface area contributed by atoms with Gasteiger partial charge < -0.3 is 15.0 Å². The van der Waals surface area contributed by atoms with Crippen molar-refractivity contribution in [3.63, 3.8) is 0 Å². The van der Waals surface area contributed by atoms with Crippen LogP contribution in [0, 0.1) is 6.92 Å². The molecule has 98 valence electrons. The van der Waals surface area contributed by atoms with Gasteiger partial charge in [0.05, 0.1) is 6.61 Å². The van der Waals surface area contributed by atoms with E-state index in [2.05, 4.69) is 10.3 Å². The molecule has 6 heteroatoms. The highest BCUT2D eigenvalue weighted by Gasteiger charge is 2.19. The van der Waals surface area contributed by atoms with Gasteiger partial charge in [0.15, 0.2) is 5.43 Å². The maximum atomic E-state index is 11.8. The summed E-state index contributed by atoms with van der Waals surface area (Å²) in [5, 5.41) is 2.41. The molecule has 1 amide bonds. The first-order chi connectivity index (χ1) is 8.45. The lowest BCUT2D eigenvalue weighted by Gasteiger charge is -2.12. The lowest BCUT2D eigenvalue weighted by molar-refractivity contribution is -0.144. The lowest BCUT2D eigenvalue weighted by atomic mass is 10.2. The quantitative estimate of drug-likeness (QED) is 0.757. The molecule has 2 N–H and O–H groups in total. The highest BCUT2D eigenvalue weighted by molar-refractivity contribution is 5.96. The molecule has 1 heterocycles. The van der Waals surface area contributed by atoms with E-state index >= 15 is 0 Å². The van der Waals surface area contributed by atoms with Gasteiger partial charge in [0, 0.05) is 18.0 Å². The molecule has 1 rings (SSSR count). The average Bonchev–Trinajstić information content (AvgIpc) is 2.28. The summed E-state index contributed by atoms with van der Waals surface area (Å²) >= 11 is 0. The van der Waals surface area contributed by atoms with Crippen LogP contribution in [0.3, 0.4) is 0 Å². The maximum Gasteiger partial charge on any atom is 0.328 e. The fraction of sp³-hybridized carbons (Fsp3) is 0.417. The van der Waals surface area contributed by atoms with E-state index in [-0.39, 0.29) is 17.6 Å². The summed E-state index contributed by atoms with van der Waals surface area (Å²) in [5.41, 5.74) is 0.242. The number of ether oxygens (including phenoxy) is 1. The number of H-pyrrole nitrogens is 1. The highest BCUT2D eigenvalue weighted by Crippen LogP contribution is 1.95. The van der Waals surface area contributed by atoms with E-state index in [1.54, 1.807) is 13.8 Å². The van der Waals surface area contributed by atoms with Crippen molar-refractivity contribution in [2.45, 2.75) is 26.8 Å². The first kappa shape index (κ1) is 14.0. The van der Waals surface area contributed by atoms with E-state index in [0.29, 0.717) is 5.69 Å². The van der Waals surface area contributed by atoms with Crippen LogP contribution in [0.4, 0.5) is 0 Å². The molecule has 1 atom stereocenters. The molecule has 1 unspecified atom stereocenters. The van der Waals surface area contributed by atoms with Crippen LogP contribution in [0.15, 0.2) is 17.1 Å². The van der Waals surface area contributed by atoms with Crippen molar-refractivity contribution in [1.82, 2.24) is 10.3 Å². The van der Waals surface area contributed by atoms with Gasteiger partial charge in [-0.3, -0.25) is 9.59 Å². The van der Waals surface area contributed by atoms with Gasteiger partial charge in [0.25, 0.3) is 5.91 Å². The molecule has 1 aromatic heterocycles. The van der Waals surface area contributed by atoms with Crippen LogP contribution in [-0.2, 0) is 9.53 Å². The van der Waals surface area contributed by atoms with Crippen molar-refractivity contribution in [2.75, 3.05) is 6.61 Å². The van der Waals surface area contributed by atoms with E-state index < -0.39 is 17.9 Å². The molecule has 0 aliphatic rings. The number of aromatic amines is 1. The summed E-state index contributed by atoms with van der Waals surface area (Å²) in [5.74, 6) is -1.13. The second kappa shape index (κ2) is 6.00. The maximum absolute atomic E-state index is 11.8. The molecule has 0 aliphatic carbocycles. The Balaban J connectivity index is 2.77. The zero-order chi connectivity index (χ0) is 13.7. The van der Waals surface area contributed by atoms with Crippen LogP contribution in [0.1, 0.15) is 29.9 Å². The first-order valence-corrected chi connectivity index (χ1v) is 5.62. The summed E-state index contributed by atoms with van der Waals surface area (Å²) < 4.78 is 4.75. The van der Waals surface area contributed by atoms with Crippen LogP contribution in [0.2, 0.25) is 0 Å². The number of nitrogens with one attached hydrogen (secondary N) is 2. The summed E-state index contributed by atoms with van der Waals surface area (Å²) in [7, 11) is 0. The lowest BCUT2D eigenvalue weighted by Crippen LogP contribution is -2.41. The van der Waals surface area contributed by atoms with Gasteiger partial charge in [-0.15, -0.1) is 0 Å². The number of carbonyl (C=O) groups excluding carboxylic acids is 2. The highest BCUT2D eigenvalue weighted by atomic mass is 16.5. The Labute approximate surface area is 104 Å². The Morgan fingerprint density at radius 3 is 2.72 bits per heavy atom. The molecule has 0 aliphatic heterocycles. The smallest absolute Gasteiger partial charge is 0.328 e. The second-order valence-corrected chi connectivity index (χ2v) is 3.84. The van der Waals surface area contributed by atoms with E-state index in [0.717, 1.165) is 0 Å². The van der Waals surface area contributed by atoms with Crippen LogP contribution < -0.4 is 10.7 Å². The van der Waals surface area contributed by atoms with Crippen LogP contribution >= 0.6 is 0 Å². The fourth-order valence-electron chi connectivity index (χ4n) is 1.35. The summed E-state index contributed by atoms with van der Waals surface area (Å²) in [6.07, 6.45) is 1.32. The van der Waals surface area contributed by atoms with Crippen molar-refractivity contribution >= 4 is 11.9 Å². The predicted octanol–water partition coefficient (Wildman–Crippen LogP) is 0.365. The van der Waals surface area contributed by atoms with E-state index in [4.69, 9.17) is 4.74 Å². The normalized spacial score (nSPS) is 11.7. The number of carbonyl (C=O) groups is 2. The minimum absolute atomic E-state index is 0.0308. The largest absolute Gasteiger partial charge is 0.464 e. The molecular formula is C12H16N2O4.